The largest absolute Gasteiger partial charge is 0.360 e. The fourth-order valence-electron chi connectivity index (χ4n) is 2.61. The molecule has 0 saturated heterocycles. The lowest BCUT2D eigenvalue weighted by Crippen LogP contribution is -2.13. The maximum atomic E-state index is 12.8. The van der Waals surface area contributed by atoms with Crippen LogP contribution in [-0.2, 0) is 0 Å². The quantitative estimate of drug-likeness (QED) is 0.520. The van der Waals surface area contributed by atoms with Gasteiger partial charge in [0.2, 0.25) is 5.13 Å². The molecule has 1 amide bonds. The van der Waals surface area contributed by atoms with Crippen LogP contribution >= 0.6 is 22.9 Å². The van der Waals surface area contributed by atoms with Crippen molar-refractivity contribution in [3.63, 3.8) is 0 Å². The Balaban J connectivity index is 1.63. The summed E-state index contributed by atoms with van der Waals surface area (Å²) in [5, 5.41) is 16.6. The average molecular weight is 397 g/mol. The van der Waals surface area contributed by atoms with Crippen LogP contribution in [0.5, 0.6) is 0 Å². The van der Waals surface area contributed by atoms with Crippen LogP contribution in [0.25, 0.3) is 21.8 Å². The van der Waals surface area contributed by atoms with Gasteiger partial charge in [0, 0.05) is 11.1 Å². The van der Waals surface area contributed by atoms with E-state index in [-0.39, 0.29) is 5.91 Å². The summed E-state index contributed by atoms with van der Waals surface area (Å²) in [6, 6.07) is 16.8. The molecule has 134 valence electrons. The summed E-state index contributed by atoms with van der Waals surface area (Å²) in [6.07, 6.45) is 0. The van der Waals surface area contributed by atoms with Crippen molar-refractivity contribution in [2.24, 2.45) is 0 Å². The minimum absolute atomic E-state index is 0.319. The van der Waals surface area contributed by atoms with Gasteiger partial charge in [-0.2, -0.15) is 0 Å². The van der Waals surface area contributed by atoms with Gasteiger partial charge in [0.15, 0.2) is 0 Å². The van der Waals surface area contributed by atoms with Crippen LogP contribution in [0.4, 0.5) is 5.13 Å². The molecule has 0 atom stereocenters. The number of nitrogens with zero attached hydrogens (tertiary/aromatic N) is 3. The maximum absolute atomic E-state index is 12.8. The molecule has 2 heterocycles. The number of nitrogens with one attached hydrogen (secondary N) is 1. The fraction of sp³-hybridized carbons (Fsp3) is 0.0526. The summed E-state index contributed by atoms with van der Waals surface area (Å²) in [5.74, 6) is 0.0228. The van der Waals surface area contributed by atoms with Crippen LogP contribution in [0.2, 0.25) is 5.02 Å². The molecule has 4 rings (SSSR count). The van der Waals surface area contributed by atoms with E-state index in [9.17, 15) is 4.79 Å². The van der Waals surface area contributed by atoms with Gasteiger partial charge in [0.25, 0.3) is 5.91 Å². The minimum Gasteiger partial charge on any atom is -0.360 e. The number of halogens is 1. The monoisotopic (exact) mass is 396 g/mol. The van der Waals surface area contributed by atoms with Gasteiger partial charge in [-0.3, -0.25) is 10.1 Å². The number of hydrogen-bond acceptors (Lipinski definition) is 6. The average Bonchev–Trinajstić information content (AvgIpc) is 3.29. The number of hydrogen-bond donors (Lipinski definition) is 1. The van der Waals surface area contributed by atoms with Gasteiger partial charge in [-0.05, 0) is 13.0 Å². The second kappa shape index (κ2) is 7.30. The molecule has 8 heteroatoms. The zero-order chi connectivity index (χ0) is 18.8. The first-order valence-corrected chi connectivity index (χ1v) is 9.24. The summed E-state index contributed by atoms with van der Waals surface area (Å²) >= 11 is 7.53. The van der Waals surface area contributed by atoms with Crippen molar-refractivity contribution >= 4 is 34.0 Å². The van der Waals surface area contributed by atoms with Crippen LogP contribution < -0.4 is 5.32 Å². The highest BCUT2D eigenvalue weighted by molar-refractivity contribution is 7.18. The van der Waals surface area contributed by atoms with Crippen LogP contribution in [-0.4, -0.2) is 21.3 Å². The number of aryl methyl sites for hydroxylation is 1. The highest BCUT2D eigenvalue weighted by Crippen LogP contribution is 2.32. The van der Waals surface area contributed by atoms with Gasteiger partial charge in [0.1, 0.15) is 22.0 Å². The zero-order valence-corrected chi connectivity index (χ0v) is 15.7. The Kier molecular flexibility index (Phi) is 4.70. The fourth-order valence-corrected chi connectivity index (χ4v) is 3.58. The second-order valence-corrected chi connectivity index (χ2v) is 7.06. The normalized spacial score (nSPS) is 10.7. The SMILES string of the molecule is Cc1onc(-c2ccccc2Cl)c1C(=O)Nc1nnc(-c2ccccc2)s1. The summed E-state index contributed by atoms with van der Waals surface area (Å²) in [6.45, 7) is 1.68. The van der Waals surface area contributed by atoms with E-state index in [2.05, 4.69) is 20.7 Å². The topological polar surface area (TPSA) is 80.9 Å². The number of aromatic nitrogens is 3. The van der Waals surface area contributed by atoms with E-state index in [4.69, 9.17) is 16.1 Å². The zero-order valence-electron chi connectivity index (χ0n) is 14.1. The summed E-state index contributed by atoms with van der Waals surface area (Å²) in [7, 11) is 0. The number of carbonyl (C=O) groups excluding carboxylic acids is 1. The van der Waals surface area contributed by atoms with E-state index in [1.54, 1.807) is 19.1 Å². The van der Waals surface area contributed by atoms with Crippen molar-refractivity contribution in [2.45, 2.75) is 6.92 Å². The Hall–Kier alpha value is -3.03. The van der Waals surface area contributed by atoms with Gasteiger partial charge in [-0.15, -0.1) is 10.2 Å². The molecule has 4 aromatic rings. The molecule has 0 unspecified atom stereocenters. The van der Waals surface area contributed by atoms with Crippen LogP contribution in [0.1, 0.15) is 16.1 Å². The van der Waals surface area contributed by atoms with Crippen molar-refractivity contribution in [3.8, 4) is 21.8 Å². The van der Waals surface area contributed by atoms with Crippen molar-refractivity contribution in [1.82, 2.24) is 15.4 Å². The molecule has 0 radical (unpaired) electrons. The summed E-state index contributed by atoms with van der Waals surface area (Å²) in [4.78, 5) is 12.8. The van der Waals surface area contributed by atoms with E-state index in [0.29, 0.717) is 32.7 Å². The Labute approximate surface area is 163 Å². The first-order valence-electron chi connectivity index (χ1n) is 8.05. The highest BCUT2D eigenvalue weighted by Gasteiger charge is 2.24. The third-order valence-electron chi connectivity index (χ3n) is 3.88. The van der Waals surface area contributed by atoms with Crippen molar-refractivity contribution in [2.75, 3.05) is 5.32 Å². The summed E-state index contributed by atoms with van der Waals surface area (Å²) in [5.41, 5.74) is 2.28. The first-order chi connectivity index (χ1) is 13.1. The van der Waals surface area contributed by atoms with Crippen molar-refractivity contribution in [3.05, 3.63) is 70.9 Å². The molecule has 6 nitrogen and oxygen atoms in total. The lowest BCUT2D eigenvalue weighted by atomic mass is 10.1. The van der Waals surface area contributed by atoms with Crippen LogP contribution in [0.3, 0.4) is 0 Å². The predicted molar refractivity (Wildman–Crippen MR) is 105 cm³/mol. The first kappa shape index (κ1) is 17.4. The number of amides is 1. The molecule has 0 saturated carbocycles. The Morgan fingerprint density at radius 3 is 2.59 bits per heavy atom. The van der Waals surface area contributed by atoms with Crippen LogP contribution in [0.15, 0.2) is 59.1 Å². The van der Waals surface area contributed by atoms with E-state index in [1.165, 1.54) is 11.3 Å². The molecule has 0 aliphatic rings. The molecule has 0 bridgehead atoms. The second-order valence-electron chi connectivity index (χ2n) is 5.67. The van der Waals surface area contributed by atoms with Gasteiger partial charge >= 0.3 is 0 Å². The molecule has 0 aliphatic heterocycles. The smallest absolute Gasteiger partial charge is 0.263 e. The predicted octanol–water partition coefficient (Wildman–Crippen LogP) is 5.07. The Morgan fingerprint density at radius 2 is 1.81 bits per heavy atom. The van der Waals surface area contributed by atoms with Gasteiger partial charge in [0.05, 0.1) is 5.02 Å². The van der Waals surface area contributed by atoms with Crippen molar-refractivity contribution < 1.29 is 9.32 Å². The van der Waals surface area contributed by atoms with E-state index in [1.807, 2.05) is 42.5 Å². The van der Waals surface area contributed by atoms with E-state index in [0.717, 1.165) is 10.6 Å². The van der Waals surface area contributed by atoms with Gasteiger partial charge < -0.3 is 4.52 Å². The van der Waals surface area contributed by atoms with Gasteiger partial charge in [-0.1, -0.05) is 76.6 Å². The third-order valence-corrected chi connectivity index (χ3v) is 5.10. The highest BCUT2D eigenvalue weighted by atomic mass is 35.5. The lowest BCUT2D eigenvalue weighted by molar-refractivity contribution is 0.102. The summed E-state index contributed by atoms with van der Waals surface area (Å²) < 4.78 is 5.24. The maximum Gasteiger partial charge on any atom is 0.263 e. The molecule has 27 heavy (non-hydrogen) atoms. The van der Waals surface area contributed by atoms with Crippen LogP contribution in [0, 0.1) is 6.92 Å². The number of benzene rings is 2. The van der Waals surface area contributed by atoms with Gasteiger partial charge in [-0.25, -0.2) is 0 Å². The third kappa shape index (κ3) is 3.47. The minimum atomic E-state index is -0.376. The lowest BCUT2D eigenvalue weighted by Gasteiger charge is -2.04. The number of carbonyl (C=O) groups is 1. The molecular formula is C19H13ClN4O2S. The van der Waals surface area contributed by atoms with E-state index >= 15 is 0 Å². The molecular weight excluding hydrogens is 384 g/mol. The number of anilines is 1. The molecule has 1 N–H and O–H groups in total. The standard InChI is InChI=1S/C19H13ClN4O2S/c1-11-15(16(24-26-11)13-9-5-6-10-14(13)20)17(25)21-19-23-22-18(27-19)12-7-3-2-4-8-12/h2-10H,1H3,(H,21,23,25). The molecule has 2 aromatic carbocycles. The van der Waals surface area contributed by atoms with Crippen molar-refractivity contribution in [1.29, 1.82) is 0 Å². The molecule has 0 spiro atoms. The van der Waals surface area contributed by atoms with E-state index < -0.39 is 0 Å². The Bertz CT molecular complexity index is 1110. The number of rotatable bonds is 4. The Morgan fingerprint density at radius 1 is 1.07 bits per heavy atom. The molecule has 0 fully saturated rings. The molecule has 2 aromatic heterocycles. The molecule has 0 aliphatic carbocycles.